The summed E-state index contributed by atoms with van der Waals surface area (Å²) >= 11 is 0. The second kappa shape index (κ2) is 7.44. The van der Waals surface area contributed by atoms with E-state index in [4.69, 9.17) is 9.47 Å². The van der Waals surface area contributed by atoms with Crippen LogP contribution in [-0.4, -0.2) is 13.2 Å². The Labute approximate surface area is 160 Å². The first-order valence-corrected chi connectivity index (χ1v) is 10.9. The summed E-state index contributed by atoms with van der Waals surface area (Å²) in [5.74, 6) is 0. The Balaban J connectivity index is 1.95. The van der Waals surface area contributed by atoms with E-state index in [1.54, 1.807) is 0 Å². The second-order valence-electron chi connectivity index (χ2n) is 6.91. The largest absolute Gasteiger partial charge is 0.346 e. The van der Waals surface area contributed by atoms with Crippen molar-refractivity contribution in [1.82, 2.24) is 0 Å². The molecule has 0 bridgehead atoms. The van der Waals surface area contributed by atoms with E-state index < -0.39 is 13.4 Å². The molecule has 3 aromatic carbocycles. The van der Waals surface area contributed by atoms with Gasteiger partial charge in [-0.1, -0.05) is 83.9 Å². The third-order valence-corrected chi connectivity index (χ3v) is 8.08. The van der Waals surface area contributed by atoms with Gasteiger partial charge in [-0.05, 0) is 13.8 Å². The molecule has 0 aliphatic carbocycles. The Hall–Kier alpha value is -2.19. The van der Waals surface area contributed by atoms with Gasteiger partial charge in [0.2, 0.25) is 0 Å². The van der Waals surface area contributed by atoms with Crippen LogP contribution in [0.5, 0.6) is 0 Å². The molecule has 0 spiro atoms. The minimum Gasteiger partial charge on any atom is -0.346 e. The number of aryl methyl sites for hydroxylation is 2. The minimum atomic E-state index is -3.07. The van der Waals surface area contributed by atoms with E-state index >= 15 is 0 Å². The van der Waals surface area contributed by atoms with Crippen LogP contribution in [0.3, 0.4) is 0 Å². The van der Waals surface area contributed by atoms with Gasteiger partial charge in [-0.25, -0.2) is 0 Å². The zero-order valence-electron chi connectivity index (χ0n) is 15.6. The lowest BCUT2D eigenvalue weighted by molar-refractivity contribution is -0.0433. The Kier molecular flexibility index (Phi) is 5.01. The van der Waals surface area contributed by atoms with Crippen molar-refractivity contribution in [3.63, 3.8) is 0 Å². The summed E-state index contributed by atoms with van der Waals surface area (Å²) in [7, 11) is -3.07. The molecule has 0 unspecified atom stereocenters. The first kappa shape index (κ1) is 18.2. The van der Waals surface area contributed by atoms with Crippen molar-refractivity contribution < 1.29 is 14.0 Å². The predicted octanol–water partition coefficient (Wildman–Crippen LogP) is 3.99. The maximum Gasteiger partial charge on any atom is 0.184 e. The highest BCUT2D eigenvalue weighted by Crippen LogP contribution is 2.45. The quantitative estimate of drug-likeness (QED) is 0.644. The molecule has 0 N–H and O–H groups in total. The number of hydrogen-bond acceptors (Lipinski definition) is 3. The van der Waals surface area contributed by atoms with Gasteiger partial charge < -0.3 is 14.0 Å². The van der Waals surface area contributed by atoms with Crippen LogP contribution < -0.4 is 15.9 Å². The lowest BCUT2D eigenvalue weighted by atomic mass is 10.2. The summed E-state index contributed by atoms with van der Waals surface area (Å²) in [6.45, 7) is 5.18. The maximum atomic E-state index is 14.7. The molecule has 0 aromatic heterocycles. The molecule has 4 rings (SSSR count). The molecular formula is C23H23O3P. The van der Waals surface area contributed by atoms with Gasteiger partial charge in [0.15, 0.2) is 13.4 Å². The third kappa shape index (κ3) is 3.39. The van der Waals surface area contributed by atoms with E-state index in [9.17, 15) is 4.57 Å². The van der Waals surface area contributed by atoms with Gasteiger partial charge in [0.1, 0.15) is 0 Å². The second-order valence-corrected chi connectivity index (χ2v) is 9.65. The van der Waals surface area contributed by atoms with Crippen LogP contribution in [0.4, 0.5) is 0 Å². The van der Waals surface area contributed by atoms with Crippen molar-refractivity contribution in [2.75, 3.05) is 13.2 Å². The van der Waals surface area contributed by atoms with Crippen LogP contribution in [0.25, 0.3) is 0 Å². The first-order valence-electron chi connectivity index (χ1n) is 9.16. The zero-order chi connectivity index (χ0) is 18.9. The molecule has 27 heavy (non-hydrogen) atoms. The highest BCUT2D eigenvalue weighted by molar-refractivity contribution is 7.85. The third-order valence-electron chi connectivity index (χ3n) is 4.95. The first-order chi connectivity index (χ1) is 13.1. The fraction of sp³-hybridized carbons (Fsp3) is 0.217. The fourth-order valence-electron chi connectivity index (χ4n) is 3.45. The normalized spacial score (nSPS) is 15.2. The van der Waals surface area contributed by atoms with Crippen molar-refractivity contribution in [3.8, 4) is 0 Å². The van der Waals surface area contributed by atoms with Crippen molar-refractivity contribution in [2.45, 2.75) is 20.1 Å². The van der Waals surface area contributed by atoms with Gasteiger partial charge >= 0.3 is 0 Å². The minimum absolute atomic E-state index is 0.467. The number of rotatable bonds is 4. The monoisotopic (exact) mass is 378 g/mol. The van der Waals surface area contributed by atoms with Crippen molar-refractivity contribution in [1.29, 1.82) is 0 Å². The molecule has 0 radical (unpaired) electrons. The van der Waals surface area contributed by atoms with Crippen molar-refractivity contribution >= 4 is 23.1 Å². The molecule has 1 saturated heterocycles. The average molecular weight is 378 g/mol. The number of benzene rings is 3. The SMILES string of the molecule is Cc1ccc(P(=O)(c2ccc(C)cc2)c2ccccc2C2OCCO2)cc1. The van der Waals surface area contributed by atoms with Gasteiger partial charge in [0.25, 0.3) is 0 Å². The summed E-state index contributed by atoms with van der Waals surface area (Å²) in [5.41, 5.74) is 3.13. The molecule has 4 heteroatoms. The van der Waals surface area contributed by atoms with Gasteiger partial charge in [-0.3, -0.25) is 0 Å². The van der Waals surface area contributed by atoms with Crippen LogP contribution in [0.1, 0.15) is 23.0 Å². The van der Waals surface area contributed by atoms with Crippen LogP contribution in [-0.2, 0) is 14.0 Å². The van der Waals surface area contributed by atoms with E-state index in [-0.39, 0.29) is 0 Å². The van der Waals surface area contributed by atoms with E-state index in [1.807, 2.05) is 86.6 Å². The predicted molar refractivity (Wildman–Crippen MR) is 110 cm³/mol. The highest BCUT2D eigenvalue weighted by Gasteiger charge is 2.34. The van der Waals surface area contributed by atoms with Crippen LogP contribution >= 0.6 is 7.14 Å². The Morgan fingerprint density at radius 3 is 1.74 bits per heavy atom. The van der Waals surface area contributed by atoms with E-state index in [0.717, 1.165) is 32.6 Å². The van der Waals surface area contributed by atoms with E-state index in [0.29, 0.717) is 13.2 Å². The van der Waals surface area contributed by atoms with Gasteiger partial charge in [0.05, 0.1) is 13.2 Å². The summed E-state index contributed by atoms with van der Waals surface area (Å²) in [4.78, 5) is 0. The van der Waals surface area contributed by atoms with E-state index in [2.05, 4.69) is 0 Å². The molecule has 1 fully saturated rings. The molecule has 3 aromatic rings. The number of ether oxygens (including phenoxy) is 2. The van der Waals surface area contributed by atoms with Crippen LogP contribution in [0.2, 0.25) is 0 Å². The molecular weight excluding hydrogens is 355 g/mol. The molecule has 0 saturated carbocycles. The molecule has 0 atom stereocenters. The average Bonchev–Trinajstić information content (AvgIpc) is 3.23. The Morgan fingerprint density at radius 2 is 1.22 bits per heavy atom. The zero-order valence-corrected chi connectivity index (χ0v) is 16.5. The van der Waals surface area contributed by atoms with Crippen LogP contribution in [0.15, 0.2) is 72.8 Å². The maximum absolute atomic E-state index is 14.7. The topological polar surface area (TPSA) is 35.5 Å². The lowest BCUT2D eigenvalue weighted by Gasteiger charge is -2.24. The summed E-state index contributed by atoms with van der Waals surface area (Å²) in [5, 5.41) is 2.43. The van der Waals surface area contributed by atoms with Gasteiger partial charge in [-0.15, -0.1) is 0 Å². The summed E-state index contributed by atoms with van der Waals surface area (Å²) in [6, 6.07) is 23.7. The molecule has 1 aliphatic heterocycles. The van der Waals surface area contributed by atoms with E-state index in [1.165, 1.54) is 0 Å². The molecule has 0 amide bonds. The highest BCUT2D eigenvalue weighted by atomic mass is 31.2. The van der Waals surface area contributed by atoms with Gasteiger partial charge in [0, 0.05) is 21.5 Å². The Morgan fingerprint density at radius 1 is 0.741 bits per heavy atom. The summed E-state index contributed by atoms with van der Waals surface area (Å²) < 4.78 is 26.2. The summed E-state index contributed by atoms with van der Waals surface area (Å²) in [6.07, 6.45) is -0.467. The Bertz CT molecular complexity index is 922. The van der Waals surface area contributed by atoms with Crippen molar-refractivity contribution in [3.05, 3.63) is 89.5 Å². The smallest absolute Gasteiger partial charge is 0.184 e. The number of hydrogen-bond donors (Lipinski definition) is 0. The lowest BCUT2D eigenvalue weighted by Crippen LogP contribution is -2.28. The fourth-order valence-corrected chi connectivity index (χ4v) is 6.28. The molecule has 138 valence electrons. The van der Waals surface area contributed by atoms with Crippen LogP contribution in [0, 0.1) is 13.8 Å². The molecule has 1 heterocycles. The molecule has 3 nitrogen and oxygen atoms in total. The standard InChI is InChI=1S/C23H23O3P/c1-17-7-11-19(12-8-17)27(24,20-13-9-18(2)10-14-20)22-6-4-3-5-21(22)23-25-15-16-26-23/h3-14,23H,15-16H2,1-2H3. The van der Waals surface area contributed by atoms with Gasteiger partial charge in [-0.2, -0.15) is 0 Å². The van der Waals surface area contributed by atoms with Crippen molar-refractivity contribution in [2.24, 2.45) is 0 Å². The molecule has 1 aliphatic rings.